The molecular weight excluding hydrogens is 353 g/mol. The van der Waals surface area contributed by atoms with E-state index in [1.54, 1.807) is 0 Å². The zero-order chi connectivity index (χ0) is 19.3. The van der Waals surface area contributed by atoms with E-state index in [0.29, 0.717) is 13.0 Å². The molecule has 0 radical (unpaired) electrons. The highest BCUT2D eigenvalue weighted by Crippen LogP contribution is 2.42. The third-order valence-corrected chi connectivity index (χ3v) is 5.22. The highest BCUT2D eigenvalue weighted by atomic mass is 31.2. The molecule has 0 aliphatic rings. The zero-order valence-electron chi connectivity index (χ0n) is 16.8. The second kappa shape index (κ2) is 19.8. The van der Waals surface area contributed by atoms with Crippen molar-refractivity contribution in [1.82, 2.24) is 0 Å². The van der Waals surface area contributed by atoms with Gasteiger partial charge in [-0.3, -0.25) is 9.05 Å². The molecule has 0 amide bonds. The van der Waals surface area contributed by atoms with E-state index < -0.39 is 7.82 Å². The summed E-state index contributed by atoms with van der Waals surface area (Å²) in [6, 6.07) is 0. The van der Waals surface area contributed by atoms with E-state index in [1.807, 2.05) is 0 Å². The Labute approximate surface area is 160 Å². The molecule has 0 aliphatic heterocycles. The Hall–Kier alpha value is 0.0300. The van der Waals surface area contributed by atoms with Gasteiger partial charge in [-0.25, -0.2) is 4.57 Å². The van der Waals surface area contributed by atoms with Crippen molar-refractivity contribution in [1.29, 1.82) is 0 Å². The summed E-state index contributed by atoms with van der Waals surface area (Å²) in [5.41, 5.74) is 5.20. The standard InChI is InChI=1S/C19H42NO5P/c1-2-3-4-5-6-7-8-9-10-11-12-13-16-23-17-14-18-24-26(21,22)25-19-15-20/h2-20H2,1H3,(H,21,22). The van der Waals surface area contributed by atoms with E-state index in [9.17, 15) is 9.46 Å². The SMILES string of the molecule is CCCCCCCCCCCCCCOCCCOP(=O)(O)OCCN. The predicted molar refractivity (Wildman–Crippen MR) is 107 cm³/mol. The lowest BCUT2D eigenvalue weighted by Gasteiger charge is -2.11. The molecule has 0 aromatic heterocycles. The monoisotopic (exact) mass is 395 g/mol. The van der Waals surface area contributed by atoms with Crippen molar-refractivity contribution >= 4 is 7.82 Å². The van der Waals surface area contributed by atoms with Gasteiger partial charge in [-0.2, -0.15) is 0 Å². The van der Waals surface area contributed by atoms with Crippen LogP contribution >= 0.6 is 7.82 Å². The maximum absolute atomic E-state index is 11.3. The molecule has 7 heteroatoms. The smallest absolute Gasteiger partial charge is 0.381 e. The van der Waals surface area contributed by atoms with Crippen LogP contribution in [0.25, 0.3) is 0 Å². The molecule has 1 atom stereocenters. The number of hydrogen-bond donors (Lipinski definition) is 2. The lowest BCUT2D eigenvalue weighted by Crippen LogP contribution is -2.09. The van der Waals surface area contributed by atoms with Crippen molar-refractivity contribution < 1.29 is 23.2 Å². The molecule has 1 unspecified atom stereocenters. The Morgan fingerprint density at radius 3 is 1.69 bits per heavy atom. The molecule has 158 valence electrons. The van der Waals surface area contributed by atoms with Gasteiger partial charge in [-0.05, 0) is 12.8 Å². The van der Waals surface area contributed by atoms with Crippen LogP contribution < -0.4 is 5.73 Å². The maximum Gasteiger partial charge on any atom is 0.472 e. The second-order valence-electron chi connectivity index (χ2n) is 6.78. The van der Waals surface area contributed by atoms with E-state index >= 15 is 0 Å². The third kappa shape index (κ3) is 20.3. The number of nitrogens with two attached hydrogens (primary N) is 1. The largest absolute Gasteiger partial charge is 0.472 e. The first kappa shape index (κ1) is 26.0. The summed E-state index contributed by atoms with van der Waals surface area (Å²) in [6.07, 6.45) is 16.6. The highest BCUT2D eigenvalue weighted by Gasteiger charge is 2.19. The van der Waals surface area contributed by atoms with Gasteiger partial charge in [0.15, 0.2) is 0 Å². The van der Waals surface area contributed by atoms with Crippen LogP contribution in [0, 0.1) is 0 Å². The molecule has 0 saturated carbocycles. The number of rotatable bonds is 21. The molecular formula is C19H42NO5P. The maximum atomic E-state index is 11.3. The Balaban J connectivity index is 3.14. The normalized spacial score (nSPS) is 13.8. The highest BCUT2D eigenvalue weighted by molar-refractivity contribution is 7.47. The number of unbranched alkanes of at least 4 members (excludes halogenated alkanes) is 11. The summed E-state index contributed by atoms with van der Waals surface area (Å²) in [6.45, 7) is 3.90. The minimum absolute atomic E-state index is 0.0171. The molecule has 6 nitrogen and oxygen atoms in total. The summed E-state index contributed by atoms with van der Waals surface area (Å²) in [7, 11) is -3.93. The molecule has 26 heavy (non-hydrogen) atoms. The molecule has 0 aliphatic carbocycles. The number of ether oxygens (including phenoxy) is 1. The van der Waals surface area contributed by atoms with Gasteiger partial charge in [0.25, 0.3) is 0 Å². The fraction of sp³-hybridized carbons (Fsp3) is 1.00. The first-order valence-corrected chi connectivity index (χ1v) is 12.0. The van der Waals surface area contributed by atoms with Crippen LogP contribution in [0.1, 0.15) is 90.4 Å². The predicted octanol–water partition coefficient (Wildman–Crippen LogP) is 5.19. The number of phosphoric ester groups is 1. The quantitative estimate of drug-likeness (QED) is 0.205. The lowest BCUT2D eigenvalue weighted by atomic mass is 10.1. The first-order chi connectivity index (χ1) is 12.6. The van der Waals surface area contributed by atoms with Crippen molar-refractivity contribution in [3.05, 3.63) is 0 Å². The Bertz CT molecular complexity index is 331. The van der Waals surface area contributed by atoms with E-state index in [0.717, 1.165) is 13.0 Å². The molecule has 0 fully saturated rings. The summed E-state index contributed by atoms with van der Waals surface area (Å²) in [4.78, 5) is 9.29. The van der Waals surface area contributed by atoms with Crippen LogP contribution in [0.2, 0.25) is 0 Å². The van der Waals surface area contributed by atoms with Gasteiger partial charge in [0.2, 0.25) is 0 Å². The van der Waals surface area contributed by atoms with Crippen LogP contribution in [0.15, 0.2) is 0 Å². The third-order valence-electron chi connectivity index (χ3n) is 4.20. The molecule has 0 heterocycles. The van der Waals surface area contributed by atoms with Crippen molar-refractivity contribution in [3.8, 4) is 0 Å². The Morgan fingerprint density at radius 2 is 1.15 bits per heavy atom. The van der Waals surface area contributed by atoms with Gasteiger partial charge in [0.05, 0.1) is 13.2 Å². The average Bonchev–Trinajstić information content (AvgIpc) is 2.62. The van der Waals surface area contributed by atoms with Crippen molar-refractivity contribution in [3.63, 3.8) is 0 Å². The van der Waals surface area contributed by atoms with Gasteiger partial charge < -0.3 is 15.4 Å². The first-order valence-electron chi connectivity index (χ1n) is 10.5. The van der Waals surface area contributed by atoms with E-state index in [2.05, 4.69) is 11.4 Å². The summed E-state index contributed by atoms with van der Waals surface area (Å²) >= 11 is 0. The lowest BCUT2D eigenvalue weighted by molar-refractivity contribution is 0.102. The molecule has 0 aromatic rings. The van der Waals surface area contributed by atoms with Gasteiger partial charge in [-0.15, -0.1) is 0 Å². The zero-order valence-corrected chi connectivity index (χ0v) is 17.7. The minimum Gasteiger partial charge on any atom is -0.381 e. The molecule has 0 bridgehead atoms. The average molecular weight is 396 g/mol. The summed E-state index contributed by atoms with van der Waals surface area (Å²) in [5.74, 6) is 0. The van der Waals surface area contributed by atoms with Crippen LogP contribution in [-0.2, 0) is 18.3 Å². The van der Waals surface area contributed by atoms with Gasteiger partial charge in [0.1, 0.15) is 0 Å². The molecule has 0 spiro atoms. The van der Waals surface area contributed by atoms with Gasteiger partial charge >= 0.3 is 7.82 Å². The van der Waals surface area contributed by atoms with Crippen molar-refractivity contribution in [2.45, 2.75) is 90.4 Å². The Morgan fingerprint density at radius 1 is 0.692 bits per heavy atom. The number of phosphoric acid groups is 1. The summed E-state index contributed by atoms with van der Waals surface area (Å²) < 4.78 is 26.3. The van der Waals surface area contributed by atoms with Crippen molar-refractivity contribution in [2.75, 3.05) is 33.0 Å². The fourth-order valence-electron chi connectivity index (χ4n) is 2.69. The van der Waals surface area contributed by atoms with Crippen LogP contribution in [0.4, 0.5) is 0 Å². The number of hydrogen-bond acceptors (Lipinski definition) is 5. The van der Waals surface area contributed by atoms with E-state index in [1.165, 1.54) is 70.6 Å². The topological polar surface area (TPSA) is 91.0 Å². The van der Waals surface area contributed by atoms with Gasteiger partial charge in [-0.1, -0.05) is 77.6 Å². The fourth-order valence-corrected chi connectivity index (χ4v) is 3.46. The van der Waals surface area contributed by atoms with E-state index in [-0.39, 0.29) is 19.8 Å². The van der Waals surface area contributed by atoms with Crippen LogP contribution in [0.5, 0.6) is 0 Å². The van der Waals surface area contributed by atoms with Crippen LogP contribution in [0.3, 0.4) is 0 Å². The van der Waals surface area contributed by atoms with Gasteiger partial charge in [0, 0.05) is 19.8 Å². The summed E-state index contributed by atoms with van der Waals surface area (Å²) in [5, 5.41) is 0. The second-order valence-corrected chi connectivity index (χ2v) is 8.23. The minimum atomic E-state index is -3.93. The molecule has 0 rings (SSSR count). The molecule has 3 N–H and O–H groups in total. The van der Waals surface area contributed by atoms with Crippen molar-refractivity contribution in [2.24, 2.45) is 5.73 Å². The molecule has 0 saturated heterocycles. The van der Waals surface area contributed by atoms with E-state index in [4.69, 9.17) is 15.0 Å². The van der Waals surface area contributed by atoms with Crippen LogP contribution in [-0.4, -0.2) is 37.9 Å². The Kier molecular flexibility index (Phi) is 19.8. The molecule has 0 aromatic carbocycles.